The Bertz CT molecular complexity index is 834. The molecule has 0 fully saturated rings. The van der Waals surface area contributed by atoms with Crippen molar-refractivity contribution in [3.8, 4) is 0 Å². The van der Waals surface area contributed by atoms with Gasteiger partial charge >= 0.3 is 0 Å². The molecule has 0 atom stereocenters. The summed E-state index contributed by atoms with van der Waals surface area (Å²) in [6.07, 6.45) is 5.80. The topological polar surface area (TPSA) is 88.2 Å². The van der Waals surface area contributed by atoms with Gasteiger partial charge in [0.15, 0.2) is 12.0 Å². The van der Waals surface area contributed by atoms with E-state index in [2.05, 4.69) is 31.0 Å². The summed E-state index contributed by atoms with van der Waals surface area (Å²) < 4.78 is 2.13. The maximum atomic E-state index is 5.75. The molecule has 0 amide bonds. The lowest BCUT2D eigenvalue weighted by atomic mass is 10.3. The number of amidine groups is 1. The van der Waals surface area contributed by atoms with Crippen molar-refractivity contribution in [1.82, 2.24) is 19.4 Å². The van der Waals surface area contributed by atoms with Crippen LogP contribution >= 0.6 is 11.9 Å². The van der Waals surface area contributed by atoms with Crippen molar-refractivity contribution in [2.45, 2.75) is 11.8 Å². The average Bonchev–Trinajstić information content (AvgIpc) is 3.19. The van der Waals surface area contributed by atoms with E-state index in [1.165, 1.54) is 0 Å². The zero-order valence-electron chi connectivity index (χ0n) is 13.1. The van der Waals surface area contributed by atoms with E-state index in [4.69, 9.17) is 5.73 Å². The molecule has 24 heavy (non-hydrogen) atoms. The molecule has 0 bridgehead atoms. The SMILES string of the molecule is Cc1cc(NC2=CN(Sc3ccc(N)cc3)CC3=NC=C[N+]23)n[nH]1. The van der Waals surface area contributed by atoms with E-state index in [1.54, 1.807) is 18.1 Å². The number of nitrogen functional groups attached to an aromatic ring is 1. The van der Waals surface area contributed by atoms with Crippen LogP contribution in [0.5, 0.6) is 0 Å². The molecule has 8 heteroatoms. The lowest BCUT2D eigenvalue weighted by Crippen LogP contribution is -2.42. The fraction of sp³-hybridized carbons (Fsp3) is 0.125. The highest BCUT2D eigenvalue weighted by atomic mass is 32.2. The highest BCUT2D eigenvalue weighted by Gasteiger charge is 2.37. The van der Waals surface area contributed by atoms with Gasteiger partial charge in [0, 0.05) is 22.3 Å². The fourth-order valence-corrected chi connectivity index (χ4v) is 3.34. The zero-order valence-corrected chi connectivity index (χ0v) is 13.9. The third-order valence-corrected chi connectivity index (χ3v) is 4.56. The van der Waals surface area contributed by atoms with Gasteiger partial charge in [0.05, 0.1) is 12.4 Å². The number of fused-ring (bicyclic) bond motifs is 1. The van der Waals surface area contributed by atoms with Crippen LogP contribution in [0.2, 0.25) is 0 Å². The van der Waals surface area contributed by atoms with Crippen molar-refractivity contribution in [1.29, 1.82) is 0 Å². The Morgan fingerprint density at radius 3 is 2.92 bits per heavy atom. The minimum atomic E-state index is 0.715. The van der Waals surface area contributed by atoms with E-state index < -0.39 is 0 Å². The smallest absolute Gasteiger partial charge is 0.285 e. The number of benzene rings is 1. The van der Waals surface area contributed by atoms with Crippen molar-refractivity contribution < 1.29 is 0 Å². The van der Waals surface area contributed by atoms with Crippen LogP contribution in [-0.2, 0) is 0 Å². The average molecular weight is 339 g/mol. The van der Waals surface area contributed by atoms with Crippen molar-refractivity contribution in [3.63, 3.8) is 0 Å². The summed E-state index contributed by atoms with van der Waals surface area (Å²) in [6.45, 7) is 2.69. The van der Waals surface area contributed by atoms with Crippen LogP contribution < -0.4 is 16.0 Å². The molecule has 1 aromatic heterocycles. The number of nitrogens with one attached hydrogen (secondary N) is 2. The number of aromatic nitrogens is 2. The molecular formula is C16H17N7S+. The number of aromatic amines is 1. The van der Waals surface area contributed by atoms with Gasteiger partial charge in [0.25, 0.3) is 11.7 Å². The van der Waals surface area contributed by atoms with Gasteiger partial charge in [-0.25, -0.2) is 0 Å². The van der Waals surface area contributed by atoms with Crippen LogP contribution in [0, 0.1) is 6.92 Å². The summed E-state index contributed by atoms with van der Waals surface area (Å²) in [6, 6.07) is 9.80. The van der Waals surface area contributed by atoms with Crippen molar-refractivity contribution in [2.24, 2.45) is 4.99 Å². The van der Waals surface area contributed by atoms with Crippen LogP contribution in [0.15, 0.2) is 64.6 Å². The van der Waals surface area contributed by atoms with E-state index >= 15 is 0 Å². The molecule has 4 rings (SSSR count). The minimum absolute atomic E-state index is 0.715. The normalized spacial score (nSPS) is 16.8. The fourth-order valence-electron chi connectivity index (χ4n) is 2.48. The molecule has 0 saturated carbocycles. The molecule has 0 spiro atoms. The van der Waals surface area contributed by atoms with Crippen LogP contribution in [-0.4, -0.2) is 26.9 Å². The molecule has 7 nitrogen and oxygen atoms in total. The van der Waals surface area contributed by atoms with Gasteiger partial charge in [-0.05, 0) is 48.0 Å². The lowest BCUT2D eigenvalue weighted by Gasteiger charge is -2.24. The maximum absolute atomic E-state index is 5.75. The largest absolute Gasteiger partial charge is 0.399 e. The van der Waals surface area contributed by atoms with Crippen LogP contribution in [0.25, 0.3) is 0 Å². The minimum Gasteiger partial charge on any atom is -0.399 e. The summed E-state index contributed by atoms with van der Waals surface area (Å²) >= 11 is 1.64. The summed E-state index contributed by atoms with van der Waals surface area (Å²) in [5.41, 5.74) is 7.52. The van der Waals surface area contributed by atoms with E-state index in [1.807, 2.05) is 48.4 Å². The first-order valence-corrected chi connectivity index (χ1v) is 8.28. The van der Waals surface area contributed by atoms with Crippen molar-refractivity contribution >= 4 is 29.3 Å². The van der Waals surface area contributed by atoms with Gasteiger partial charge < -0.3 is 5.73 Å². The number of nitrogens with zero attached hydrogens (tertiary/aromatic N) is 4. The molecule has 0 unspecified atom stereocenters. The van der Waals surface area contributed by atoms with Crippen LogP contribution in [0.4, 0.5) is 11.5 Å². The predicted octanol–water partition coefficient (Wildman–Crippen LogP) is 2.56. The first-order chi connectivity index (χ1) is 11.7. The number of hydrogen-bond donors (Lipinski definition) is 3. The Balaban J connectivity index is 1.57. The van der Waals surface area contributed by atoms with E-state index in [0.717, 1.165) is 33.8 Å². The molecule has 2 aliphatic rings. The second kappa shape index (κ2) is 6.06. The Morgan fingerprint density at radius 2 is 2.17 bits per heavy atom. The Morgan fingerprint density at radius 1 is 1.33 bits per heavy atom. The molecule has 0 aliphatic carbocycles. The standard InChI is InChI=1S/C16H17N7S/c1-11-8-14(21-20-11)19-16-10-22(9-15-18-6-7-23(15)16)24-13-4-2-12(17)3-5-13/h2-8,10H,9,17H2,1H3,(H2,19,20,21)/q+1. The molecule has 4 N–H and O–H groups in total. The number of hydrogen-bond acceptors (Lipinski definition) is 7. The molecule has 1 radical (unpaired) electrons. The monoisotopic (exact) mass is 339 g/mol. The Hall–Kier alpha value is -2.71. The number of aryl methyl sites for hydroxylation is 1. The first kappa shape index (κ1) is 14.9. The summed E-state index contributed by atoms with van der Waals surface area (Å²) in [4.78, 5) is 7.59. The molecule has 0 saturated heterocycles. The van der Waals surface area contributed by atoms with Gasteiger partial charge in [0.2, 0.25) is 0 Å². The molecule has 1 aromatic carbocycles. The van der Waals surface area contributed by atoms with E-state index in [0.29, 0.717) is 6.54 Å². The zero-order chi connectivity index (χ0) is 16.5. The second-order valence-electron chi connectivity index (χ2n) is 5.52. The number of rotatable bonds is 4. The number of H-pyrrole nitrogens is 1. The van der Waals surface area contributed by atoms with Crippen molar-refractivity contribution in [2.75, 3.05) is 17.6 Å². The quantitative estimate of drug-likeness (QED) is 0.453. The van der Waals surface area contributed by atoms with Gasteiger partial charge in [0.1, 0.15) is 6.54 Å². The maximum Gasteiger partial charge on any atom is 0.285 e. The van der Waals surface area contributed by atoms with Crippen LogP contribution in [0.1, 0.15) is 5.69 Å². The van der Waals surface area contributed by atoms with E-state index in [-0.39, 0.29) is 0 Å². The number of aliphatic imine (C=N–C) groups is 1. The van der Waals surface area contributed by atoms with Crippen LogP contribution in [0.3, 0.4) is 0 Å². The Kier molecular flexibility index (Phi) is 3.75. The summed E-state index contributed by atoms with van der Waals surface area (Å²) in [5, 5.41) is 10.5. The lowest BCUT2D eigenvalue weighted by molar-refractivity contribution is 0.634. The third-order valence-electron chi connectivity index (χ3n) is 3.61. The first-order valence-electron chi connectivity index (χ1n) is 7.51. The van der Waals surface area contributed by atoms with Gasteiger partial charge in [-0.3, -0.25) is 14.7 Å². The third kappa shape index (κ3) is 3.01. The Labute approximate surface area is 144 Å². The second-order valence-corrected chi connectivity index (χ2v) is 6.65. The van der Waals surface area contributed by atoms with Gasteiger partial charge in [-0.2, -0.15) is 10.1 Å². The molecule has 121 valence electrons. The highest BCUT2D eigenvalue weighted by Crippen LogP contribution is 2.28. The molecule has 3 heterocycles. The van der Waals surface area contributed by atoms with Gasteiger partial charge in [-0.1, -0.05) is 0 Å². The highest BCUT2D eigenvalue weighted by molar-refractivity contribution is 7.97. The number of nitrogens with two attached hydrogens (primary N) is 1. The molecule has 2 aliphatic heterocycles. The summed E-state index contributed by atoms with van der Waals surface area (Å²) in [5.74, 6) is 2.65. The molecular weight excluding hydrogens is 322 g/mol. The predicted molar refractivity (Wildman–Crippen MR) is 97.2 cm³/mol. The van der Waals surface area contributed by atoms with E-state index in [9.17, 15) is 0 Å². The number of anilines is 2. The van der Waals surface area contributed by atoms with Gasteiger partial charge in [-0.15, -0.1) is 0 Å². The summed E-state index contributed by atoms with van der Waals surface area (Å²) in [7, 11) is 0. The van der Waals surface area contributed by atoms with Crippen molar-refractivity contribution in [3.05, 3.63) is 60.4 Å². The molecule has 2 aromatic rings.